The van der Waals surface area contributed by atoms with Gasteiger partial charge in [-0.1, -0.05) is 0 Å². The zero-order valence-corrected chi connectivity index (χ0v) is 6.81. The van der Waals surface area contributed by atoms with Crippen LogP contribution in [0.15, 0.2) is 41.3 Å². The van der Waals surface area contributed by atoms with Crippen LogP contribution in [-0.4, -0.2) is 0 Å². The van der Waals surface area contributed by atoms with Crippen LogP contribution < -0.4 is 10.5 Å². The van der Waals surface area contributed by atoms with Crippen molar-refractivity contribution >= 4 is 5.69 Å². The van der Waals surface area contributed by atoms with E-state index in [0.717, 1.165) is 10.3 Å². The molecule has 0 radical (unpaired) electrons. The maximum absolute atomic E-state index is 11.3. The molecule has 0 aliphatic carbocycles. The van der Waals surface area contributed by atoms with E-state index in [4.69, 9.17) is 10.2 Å². The van der Waals surface area contributed by atoms with E-state index in [1.807, 2.05) is 0 Å². The van der Waals surface area contributed by atoms with Gasteiger partial charge in [-0.15, -0.1) is 0 Å². The van der Waals surface area contributed by atoms with Gasteiger partial charge in [0, 0.05) is 17.8 Å². The lowest BCUT2D eigenvalue weighted by atomic mass is 10.2. The van der Waals surface area contributed by atoms with Gasteiger partial charge in [0.2, 0.25) is 5.69 Å². The number of aromatic nitrogens is 1. The maximum atomic E-state index is 11.3. The number of nitrogen functional groups attached to an aromatic ring is 1. The number of pyridine rings is 1. The number of nitrogens with two attached hydrogens (primary N) is 1. The number of hydrogen-bond donors (Lipinski definition) is 1. The van der Waals surface area contributed by atoms with Gasteiger partial charge in [0.05, 0.1) is 11.8 Å². The maximum Gasteiger partial charge on any atom is 0.229 e. The first-order valence-corrected chi connectivity index (χ1v) is 3.78. The summed E-state index contributed by atoms with van der Waals surface area (Å²) in [5.74, 6) is 0. The molecule has 4 heteroatoms. The molecular formula is C9H8N2O2. The first-order chi connectivity index (χ1) is 6.27. The molecule has 0 aromatic carbocycles. The third kappa shape index (κ3) is 1.33. The molecule has 66 valence electrons. The summed E-state index contributed by atoms with van der Waals surface area (Å²) in [5, 5.41) is 11.3. The summed E-state index contributed by atoms with van der Waals surface area (Å²) in [6.07, 6.45) is 4.39. The summed E-state index contributed by atoms with van der Waals surface area (Å²) >= 11 is 0. The average Bonchev–Trinajstić information content (AvgIpc) is 2.61. The van der Waals surface area contributed by atoms with E-state index < -0.39 is 0 Å². The highest BCUT2D eigenvalue weighted by Gasteiger charge is 2.09. The van der Waals surface area contributed by atoms with Crippen molar-refractivity contribution in [2.75, 3.05) is 5.73 Å². The second-order valence-corrected chi connectivity index (χ2v) is 2.68. The molecule has 2 aromatic heterocycles. The van der Waals surface area contributed by atoms with E-state index in [2.05, 4.69) is 0 Å². The summed E-state index contributed by atoms with van der Waals surface area (Å²) in [6, 6.07) is 4.87. The lowest BCUT2D eigenvalue weighted by molar-refractivity contribution is -0.593. The van der Waals surface area contributed by atoms with E-state index in [1.54, 1.807) is 18.2 Å². The highest BCUT2D eigenvalue weighted by atomic mass is 16.5. The van der Waals surface area contributed by atoms with Gasteiger partial charge in [-0.3, -0.25) is 0 Å². The van der Waals surface area contributed by atoms with Crippen molar-refractivity contribution in [1.29, 1.82) is 0 Å². The van der Waals surface area contributed by atoms with Gasteiger partial charge in [-0.25, -0.2) is 0 Å². The smallest absolute Gasteiger partial charge is 0.229 e. The van der Waals surface area contributed by atoms with E-state index >= 15 is 0 Å². The summed E-state index contributed by atoms with van der Waals surface area (Å²) in [6.45, 7) is 0. The number of hydrogen-bond acceptors (Lipinski definition) is 3. The molecule has 0 unspecified atom stereocenters. The van der Waals surface area contributed by atoms with Gasteiger partial charge in [0.25, 0.3) is 0 Å². The third-order valence-corrected chi connectivity index (χ3v) is 1.76. The molecule has 13 heavy (non-hydrogen) atoms. The van der Waals surface area contributed by atoms with Crippen LogP contribution in [0, 0.1) is 5.21 Å². The van der Waals surface area contributed by atoms with Gasteiger partial charge < -0.3 is 15.4 Å². The van der Waals surface area contributed by atoms with Gasteiger partial charge in [0.1, 0.15) is 6.26 Å². The molecule has 2 aromatic rings. The molecule has 0 amide bonds. The van der Waals surface area contributed by atoms with Crippen molar-refractivity contribution < 1.29 is 9.15 Å². The van der Waals surface area contributed by atoms with E-state index in [-0.39, 0.29) is 0 Å². The van der Waals surface area contributed by atoms with E-state index in [0.29, 0.717) is 11.4 Å². The first-order valence-electron chi connectivity index (χ1n) is 3.78. The van der Waals surface area contributed by atoms with Crippen molar-refractivity contribution in [3.05, 3.63) is 42.1 Å². The Hall–Kier alpha value is -1.97. The van der Waals surface area contributed by atoms with Crippen LogP contribution in [0.3, 0.4) is 0 Å². The molecule has 2 rings (SSSR count). The summed E-state index contributed by atoms with van der Waals surface area (Å²) < 4.78 is 5.62. The van der Waals surface area contributed by atoms with Crippen LogP contribution in [0.4, 0.5) is 5.69 Å². The Labute approximate surface area is 74.8 Å². The van der Waals surface area contributed by atoms with Gasteiger partial charge in [-0.05, 0) is 6.07 Å². The minimum absolute atomic E-state index is 0.494. The molecular weight excluding hydrogens is 168 g/mol. The van der Waals surface area contributed by atoms with E-state index in [1.165, 1.54) is 18.7 Å². The Balaban J connectivity index is 2.57. The Bertz CT molecular complexity index is 410. The molecule has 0 saturated heterocycles. The standard InChI is InChI=1S/C9H8N2O2/c10-8-1-3-11(12)9(5-8)7-2-4-13-6-7/h1-6H,10H2. The average molecular weight is 176 g/mol. The lowest BCUT2D eigenvalue weighted by Crippen LogP contribution is -2.28. The number of rotatable bonds is 1. The molecule has 0 aliphatic heterocycles. The zero-order chi connectivity index (χ0) is 9.26. The molecule has 0 spiro atoms. The van der Waals surface area contributed by atoms with Gasteiger partial charge in [-0.2, -0.15) is 4.73 Å². The van der Waals surface area contributed by atoms with Crippen molar-refractivity contribution in [2.24, 2.45) is 0 Å². The molecule has 2 N–H and O–H groups in total. The Morgan fingerprint density at radius 3 is 2.92 bits per heavy atom. The summed E-state index contributed by atoms with van der Waals surface area (Å²) in [5.41, 5.74) is 7.33. The normalized spacial score (nSPS) is 10.2. The molecule has 4 nitrogen and oxygen atoms in total. The number of anilines is 1. The minimum atomic E-state index is 0.494. The highest BCUT2D eigenvalue weighted by Crippen LogP contribution is 2.17. The van der Waals surface area contributed by atoms with Crippen LogP contribution in [0.2, 0.25) is 0 Å². The van der Waals surface area contributed by atoms with Crippen LogP contribution in [0.5, 0.6) is 0 Å². The topological polar surface area (TPSA) is 66.1 Å². The molecule has 0 aliphatic rings. The van der Waals surface area contributed by atoms with Gasteiger partial charge in [0.15, 0.2) is 6.20 Å². The van der Waals surface area contributed by atoms with E-state index in [9.17, 15) is 5.21 Å². The fraction of sp³-hybridized carbons (Fsp3) is 0. The largest absolute Gasteiger partial charge is 0.618 e. The molecule has 0 fully saturated rings. The predicted molar refractivity (Wildman–Crippen MR) is 47.5 cm³/mol. The van der Waals surface area contributed by atoms with Crippen molar-refractivity contribution in [3.8, 4) is 11.3 Å². The minimum Gasteiger partial charge on any atom is -0.618 e. The molecule has 0 atom stereocenters. The van der Waals surface area contributed by atoms with Gasteiger partial charge >= 0.3 is 0 Å². The second-order valence-electron chi connectivity index (χ2n) is 2.68. The Kier molecular flexibility index (Phi) is 1.66. The van der Waals surface area contributed by atoms with Crippen molar-refractivity contribution in [3.63, 3.8) is 0 Å². The monoisotopic (exact) mass is 176 g/mol. The Morgan fingerprint density at radius 2 is 2.23 bits per heavy atom. The van der Waals surface area contributed by atoms with Crippen LogP contribution in [0.1, 0.15) is 0 Å². The quantitative estimate of drug-likeness (QED) is 0.523. The second kappa shape index (κ2) is 2.82. The molecule has 0 saturated carbocycles. The first kappa shape index (κ1) is 7.67. The number of nitrogens with zero attached hydrogens (tertiary/aromatic N) is 1. The van der Waals surface area contributed by atoms with Crippen LogP contribution in [0.25, 0.3) is 11.3 Å². The van der Waals surface area contributed by atoms with Crippen LogP contribution >= 0.6 is 0 Å². The summed E-state index contributed by atoms with van der Waals surface area (Å²) in [7, 11) is 0. The zero-order valence-electron chi connectivity index (χ0n) is 6.81. The predicted octanol–water partition coefficient (Wildman–Crippen LogP) is 1.16. The molecule has 2 heterocycles. The number of furan rings is 1. The Morgan fingerprint density at radius 1 is 1.38 bits per heavy atom. The lowest BCUT2D eigenvalue weighted by Gasteiger charge is -2.01. The fourth-order valence-corrected chi connectivity index (χ4v) is 1.12. The highest BCUT2D eigenvalue weighted by molar-refractivity contribution is 5.58. The fourth-order valence-electron chi connectivity index (χ4n) is 1.12. The molecule has 0 bridgehead atoms. The van der Waals surface area contributed by atoms with Crippen molar-refractivity contribution in [2.45, 2.75) is 0 Å². The summed E-state index contributed by atoms with van der Waals surface area (Å²) in [4.78, 5) is 0. The van der Waals surface area contributed by atoms with Crippen molar-refractivity contribution in [1.82, 2.24) is 0 Å². The third-order valence-electron chi connectivity index (χ3n) is 1.76. The van der Waals surface area contributed by atoms with Crippen LogP contribution in [-0.2, 0) is 0 Å². The SMILES string of the molecule is Nc1cc[n+]([O-])c(-c2ccoc2)c1.